The fourth-order valence-electron chi connectivity index (χ4n) is 3.42. The molecule has 4 nitrogen and oxygen atoms in total. The Hall–Kier alpha value is -3.92. The molecule has 1 amide bonds. The molecule has 0 saturated heterocycles. The van der Waals surface area contributed by atoms with E-state index in [9.17, 15) is 4.79 Å². The number of rotatable bonds is 6. The topological polar surface area (TPSA) is 50.7 Å². The zero-order chi connectivity index (χ0) is 21.6. The van der Waals surface area contributed by atoms with Gasteiger partial charge in [0.15, 0.2) is 0 Å². The molecule has 4 rings (SSSR count). The minimum absolute atomic E-state index is 0.239. The number of carbonyl (C=O) groups excluding carboxylic acids is 1. The van der Waals surface area contributed by atoms with Crippen LogP contribution in [0.4, 0.5) is 0 Å². The molecule has 0 atom stereocenters. The number of hydrogen-bond acceptors (Lipinski definition) is 3. The SMILES string of the molecule is Cc1ccc(COc2ccc3ccccc3c2/C=N\NC(=O)c2ccccc2C)cc1. The molecule has 0 unspecified atom stereocenters. The summed E-state index contributed by atoms with van der Waals surface area (Å²) in [6.45, 7) is 4.42. The molecule has 0 aromatic heterocycles. The van der Waals surface area contributed by atoms with Gasteiger partial charge in [-0.2, -0.15) is 5.10 Å². The van der Waals surface area contributed by atoms with Gasteiger partial charge in [0.1, 0.15) is 12.4 Å². The molecule has 0 aliphatic carbocycles. The second-order valence-electron chi connectivity index (χ2n) is 7.49. The van der Waals surface area contributed by atoms with E-state index in [0.717, 1.165) is 27.5 Å². The largest absolute Gasteiger partial charge is 0.488 e. The number of carbonyl (C=O) groups is 1. The highest BCUT2D eigenvalue weighted by molar-refractivity contribution is 6.03. The Balaban J connectivity index is 1.59. The van der Waals surface area contributed by atoms with Crippen LogP contribution in [0.1, 0.15) is 32.6 Å². The van der Waals surface area contributed by atoms with Crippen LogP contribution in [0.5, 0.6) is 5.75 Å². The van der Waals surface area contributed by atoms with Crippen LogP contribution in [-0.4, -0.2) is 12.1 Å². The maximum atomic E-state index is 12.5. The molecule has 0 saturated carbocycles. The van der Waals surface area contributed by atoms with Gasteiger partial charge in [0.25, 0.3) is 5.91 Å². The molecule has 4 aromatic rings. The van der Waals surface area contributed by atoms with Crippen LogP contribution in [0.25, 0.3) is 10.8 Å². The molecule has 0 heterocycles. The monoisotopic (exact) mass is 408 g/mol. The van der Waals surface area contributed by atoms with Gasteiger partial charge in [-0.3, -0.25) is 4.79 Å². The van der Waals surface area contributed by atoms with Gasteiger partial charge >= 0.3 is 0 Å². The first kappa shape index (κ1) is 20.4. The van der Waals surface area contributed by atoms with Gasteiger partial charge in [-0.15, -0.1) is 0 Å². The summed E-state index contributed by atoms with van der Waals surface area (Å²) in [5, 5.41) is 6.32. The summed E-state index contributed by atoms with van der Waals surface area (Å²) in [7, 11) is 0. The van der Waals surface area contributed by atoms with E-state index in [0.29, 0.717) is 17.9 Å². The Bertz CT molecular complexity index is 1240. The number of ether oxygens (including phenoxy) is 1. The van der Waals surface area contributed by atoms with E-state index in [1.807, 2.05) is 61.5 Å². The van der Waals surface area contributed by atoms with Gasteiger partial charge in [-0.1, -0.05) is 78.4 Å². The number of hydrogen-bond donors (Lipinski definition) is 1. The number of hydrazone groups is 1. The third-order valence-corrected chi connectivity index (χ3v) is 5.20. The van der Waals surface area contributed by atoms with Crippen molar-refractivity contribution in [3.05, 3.63) is 113 Å². The summed E-state index contributed by atoms with van der Waals surface area (Å²) < 4.78 is 6.13. The lowest BCUT2D eigenvalue weighted by molar-refractivity contribution is 0.0954. The molecule has 1 N–H and O–H groups in total. The van der Waals surface area contributed by atoms with Crippen molar-refractivity contribution < 1.29 is 9.53 Å². The van der Waals surface area contributed by atoms with Crippen molar-refractivity contribution in [2.24, 2.45) is 5.10 Å². The third kappa shape index (κ3) is 4.81. The van der Waals surface area contributed by atoms with Crippen LogP contribution in [-0.2, 0) is 6.61 Å². The first-order valence-electron chi connectivity index (χ1n) is 10.2. The van der Waals surface area contributed by atoms with E-state index in [-0.39, 0.29) is 5.91 Å². The quantitative estimate of drug-likeness (QED) is 0.324. The summed E-state index contributed by atoms with van der Waals surface area (Å²) in [5.74, 6) is 0.477. The summed E-state index contributed by atoms with van der Waals surface area (Å²) in [6.07, 6.45) is 1.66. The molecular weight excluding hydrogens is 384 g/mol. The molecule has 0 fully saturated rings. The minimum Gasteiger partial charge on any atom is -0.488 e. The number of nitrogens with one attached hydrogen (secondary N) is 1. The lowest BCUT2D eigenvalue weighted by atomic mass is 10.0. The zero-order valence-corrected chi connectivity index (χ0v) is 17.6. The van der Waals surface area contributed by atoms with Gasteiger partial charge in [-0.25, -0.2) is 5.43 Å². The average molecular weight is 409 g/mol. The van der Waals surface area contributed by atoms with E-state index in [4.69, 9.17) is 4.74 Å². The number of aryl methyl sites for hydroxylation is 2. The van der Waals surface area contributed by atoms with E-state index in [2.05, 4.69) is 41.7 Å². The normalized spacial score (nSPS) is 11.0. The Labute approximate surface area is 182 Å². The molecule has 4 heteroatoms. The zero-order valence-electron chi connectivity index (χ0n) is 17.6. The second-order valence-corrected chi connectivity index (χ2v) is 7.49. The molecular formula is C27H24N2O2. The van der Waals surface area contributed by atoms with Crippen molar-refractivity contribution in [1.82, 2.24) is 5.43 Å². The summed E-state index contributed by atoms with van der Waals surface area (Å²) in [4.78, 5) is 12.5. The summed E-state index contributed by atoms with van der Waals surface area (Å²) in [5.41, 5.74) is 7.28. The number of nitrogens with zero attached hydrogens (tertiary/aromatic N) is 1. The predicted octanol–water partition coefficient (Wildman–Crippen LogP) is 5.80. The van der Waals surface area contributed by atoms with Crippen LogP contribution in [0.2, 0.25) is 0 Å². The van der Waals surface area contributed by atoms with Crippen LogP contribution in [0.3, 0.4) is 0 Å². The maximum absolute atomic E-state index is 12.5. The number of amides is 1. The van der Waals surface area contributed by atoms with Crippen molar-refractivity contribution in [1.29, 1.82) is 0 Å². The highest BCUT2D eigenvalue weighted by Gasteiger charge is 2.09. The van der Waals surface area contributed by atoms with Crippen LogP contribution in [0.15, 0.2) is 90.0 Å². The van der Waals surface area contributed by atoms with Crippen molar-refractivity contribution in [2.75, 3.05) is 0 Å². The smallest absolute Gasteiger partial charge is 0.271 e. The molecule has 0 aliphatic rings. The average Bonchev–Trinajstić information content (AvgIpc) is 2.79. The minimum atomic E-state index is -0.239. The van der Waals surface area contributed by atoms with Gasteiger partial charge in [0.2, 0.25) is 0 Å². The van der Waals surface area contributed by atoms with E-state index >= 15 is 0 Å². The molecule has 0 aliphatic heterocycles. The summed E-state index contributed by atoms with van der Waals surface area (Å²) >= 11 is 0. The fraction of sp³-hybridized carbons (Fsp3) is 0.111. The maximum Gasteiger partial charge on any atom is 0.271 e. The summed E-state index contributed by atoms with van der Waals surface area (Å²) in [6, 6.07) is 27.7. The molecule has 154 valence electrons. The highest BCUT2D eigenvalue weighted by atomic mass is 16.5. The van der Waals surface area contributed by atoms with Crippen molar-refractivity contribution in [2.45, 2.75) is 20.5 Å². The standard InChI is InChI=1S/C27H24N2O2/c1-19-11-13-21(14-12-19)18-31-26-16-15-22-8-4-6-10-24(22)25(26)17-28-29-27(30)23-9-5-3-7-20(23)2/h3-17H,18H2,1-2H3,(H,29,30)/b28-17-. The molecule has 0 bridgehead atoms. The first-order chi connectivity index (χ1) is 15.1. The van der Waals surface area contributed by atoms with Crippen molar-refractivity contribution >= 4 is 22.9 Å². The first-order valence-corrected chi connectivity index (χ1v) is 10.2. The highest BCUT2D eigenvalue weighted by Crippen LogP contribution is 2.27. The van der Waals surface area contributed by atoms with E-state index in [1.54, 1.807) is 12.3 Å². The lowest BCUT2D eigenvalue weighted by Gasteiger charge is -2.12. The van der Waals surface area contributed by atoms with Gasteiger partial charge in [-0.05, 0) is 47.9 Å². The van der Waals surface area contributed by atoms with E-state index in [1.165, 1.54) is 5.56 Å². The fourth-order valence-corrected chi connectivity index (χ4v) is 3.42. The Kier molecular flexibility index (Phi) is 6.08. The van der Waals surface area contributed by atoms with E-state index < -0.39 is 0 Å². The predicted molar refractivity (Wildman–Crippen MR) is 126 cm³/mol. The molecule has 4 aromatic carbocycles. The van der Waals surface area contributed by atoms with Crippen LogP contribution in [0, 0.1) is 13.8 Å². The molecule has 0 radical (unpaired) electrons. The second kappa shape index (κ2) is 9.26. The van der Waals surface area contributed by atoms with Crippen LogP contribution < -0.4 is 10.2 Å². The Morgan fingerprint density at radius 2 is 1.65 bits per heavy atom. The number of fused-ring (bicyclic) bond motifs is 1. The molecule has 31 heavy (non-hydrogen) atoms. The van der Waals surface area contributed by atoms with Gasteiger partial charge in [0, 0.05) is 11.1 Å². The molecule has 0 spiro atoms. The van der Waals surface area contributed by atoms with Crippen molar-refractivity contribution in [3.63, 3.8) is 0 Å². The van der Waals surface area contributed by atoms with Gasteiger partial charge < -0.3 is 4.74 Å². The van der Waals surface area contributed by atoms with Crippen LogP contribution >= 0.6 is 0 Å². The van der Waals surface area contributed by atoms with Gasteiger partial charge in [0.05, 0.1) is 6.21 Å². The van der Waals surface area contributed by atoms with Crippen molar-refractivity contribution in [3.8, 4) is 5.75 Å². The Morgan fingerprint density at radius 1 is 0.903 bits per heavy atom. The lowest BCUT2D eigenvalue weighted by Crippen LogP contribution is -2.18. The number of benzene rings is 4. The third-order valence-electron chi connectivity index (χ3n) is 5.20. The Morgan fingerprint density at radius 3 is 2.45 bits per heavy atom.